The fourth-order valence-electron chi connectivity index (χ4n) is 4.45. The van der Waals surface area contributed by atoms with E-state index >= 15 is 0 Å². The molecule has 0 bridgehead atoms. The molecule has 0 unspecified atom stereocenters. The van der Waals surface area contributed by atoms with E-state index in [4.69, 9.17) is 9.84 Å². The molecule has 4 rings (SSSR count). The summed E-state index contributed by atoms with van der Waals surface area (Å²) >= 11 is 0. The van der Waals surface area contributed by atoms with Crippen LogP contribution < -0.4 is 4.74 Å². The van der Waals surface area contributed by atoms with Gasteiger partial charge in [0, 0.05) is 31.6 Å². The molecule has 1 aliphatic rings. The number of carboxylic acid groups (broad SMARTS) is 1. The molecule has 0 atom stereocenters. The summed E-state index contributed by atoms with van der Waals surface area (Å²) < 4.78 is 19.2. The van der Waals surface area contributed by atoms with Crippen molar-refractivity contribution in [1.82, 2.24) is 4.90 Å². The molecule has 0 radical (unpaired) electrons. The van der Waals surface area contributed by atoms with Gasteiger partial charge in [-0.05, 0) is 58.9 Å². The largest absolute Gasteiger partial charge is 0.496 e. The molecule has 0 aliphatic carbocycles. The van der Waals surface area contributed by atoms with Gasteiger partial charge in [0.1, 0.15) is 11.9 Å². The van der Waals surface area contributed by atoms with E-state index in [9.17, 15) is 9.18 Å². The highest BCUT2D eigenvalue weighted by atomic mass is 19.1. The Balaban J connectivity index is 1.71. The lowest BCUT2D eigenvalue weighted by Crippen LogP contribution is -2.33. The van der Waals surface area contributed by atoms with E-state index in [1.807, 2.05) is 30.3 Å². The SMILES string of the molecule is COc1ccc(CN2CCC(F)CC2)cc1-c1cccc2c(CCC(=O)O)cccc12. The van der Waals surface area contributed by atoms with E-state index in [0.717, 1.165) is 52.8 Å². The van der Waals surface area contributed by atoms with E-state index in [1.54, 1.807) is 7.11 Å². The van der Waals surface area contributed by atoms with E-state index in [0.29, 0.717) is 19.3 Å². The van der Waals surface area contributed by atoms with Gasteiger partial charge < -0.3 is 9.84 Å². The quantitative estimate of drug-likeness (QED) is 0.550. The summed E-state index contributed by atoms with van der Waals surface area (Å²) in [5, 5.41) is 11.2. The third-order valence-electron chi connectivity index (χ3n) is 6.10. The van der Waals surface area contributed by atoms with E-state index in [-0.39, 0.29) is 6.42 Å². The van der Waals surface area contributed by atoms with Crippen molar-refractivity contribution in [2.45, 2.75) is 38.4 Å². The van der Waals surface area contributed by atoms with Gasteiger partial charge in [0.25, 0.3) is 0 Å². The first kappa shape index (κ1) is 21.3. The van der Waals surface area contributed by atoms with Gasteiger partial charge in [-0.25, -0.2) is 4.39 Å². The number of alkyl halides is 1. The van der Waals surface area contributed by atoms with Crippen LogP contribution in [0.15, 0.2) is 54.6 Å². The molecule has 162 valence electrons. The smallest absolute Gasteiger partial charge is 0.303 e. The molecule has 1 saturated heterocycles. The number of rotatable bonds is 7. The number of aliphatic carboxylic acids is 1. The maximum Gasteiger partial charge on any atom is 0.303 e. The van der Waals surface area contributed by atoms with Crippen molar-refractivity contribution in [3.05, 3.63) is 65.7 Å². The van der Waals surface area contributed by atoms with Crippen molar-refractivity contribution in [3.63, 3.8) is 0 Å². The molecule has 0 saturated carbocycles. The molecule has 0 spiro atoms. The lowest BCUT2D eigenvalue weighted by molar-refractivity contribution is -0.136. The summed E-state index contributed by atoms with van der Waals surface area (Å²) in [5.74, 6) is 0.00831. The Morgan fingerprint density at radius 3 is 2.55 bits per heavy atom. The number of methoxy groups -OCH3 is 1. The van der Waals surface area contributed by atoms with Crippen molar-refractivity contribution in [2.24, 2.45) is 0 Å². The Morgan fingerprint density at radius 1 is 1.06 bits per heavy atom. The van der Waals surface area contributed by atoms with Crippen LogP contribution in [0.25, 0.3) is 21.9 Å². The number of benzene rings is 3. The third kappa shape index (κ3) is 4.88. The van der Waals surface area contributed by atoms with Gasteiger partial charge in [0.15, 0.2) is 0 Å². The van der Waals surface area contributed by atoms with Crippen LogP contribution in [0.4, 0.5) is 4.39 Å². The molecule has 31 heavy (non-hydrogen) atoms. The second kappa shape index (κ2) is 9.48. The van der Waals surface area contributed by atoms with Crippen LogP contribution in [0.5, 0.6) is 5.75 Å². The molecule has 1 fully saturated rings. The first-order valence-corrected chi connectivity index (χ1v) is 10.8. The number of nitrogens with zero attached hydrogens (tertiary/aromatic N) is 1. The summed E-state index contributed by atoms with van der Waals surface area (Å²) in [6, 6.07) is 18.4. The normalized spacial score (nSPS) is 15.3. The molecular formula is C26H28FNO3. The monoisotopic (exact) mass is 421 g/mol. The van der Waals surface area contributed by atoms with Crippen LogP contribution in [-0.2, 0) is 17.8 Å². The van der Waals surface area contributed by atoms with Crippen LogP contribution >= 0.6 is 0 Å². The lowest BCUT2D eigenvalue weighted by atomic mass is 9.93. The highest BCUT2D eigenvalue weighted by Gasteiger charge is 2.19. The van der Waals surface area contributed by atoms with Gasteiger partial charge in [-0.1, -0.05) is 42.5 Å². The second-order valence-electron chi connectivity index (χ2n) is 8.20. The number of carbonyl (C=O) groups is 1. The topological polar surface area (TPSA) is 49.8 Å². The summed E-state index contributed by atoms with van der Waals surface area (Å²) in [6.45, 7) is 2.35. The minimum atomic E-state index is -0.792. The zero-order valence-corrected chi connectivity index (χ0v) is 17.8. The van der Waals surface area contributed by atoms with Crippen LogP contribution in [-0.4, -0.2) is 42.3 Å². The van der Waals surface area contributed by atoms with Crippen LogP contribution in [0, 0.1) is 0 Å². The highest BCUT2D eigenvalue weighted by Crippen LogP contribution is 2.37. The molecule has 1 heterocycles. The van der Waals surface area contributed by atoms with Crippen LogP contribution in [0.1, 0.15) is 30.4 Å². The molecule has 0 amide bonds. The van der Waals surface area contributed by atoms with Crippen LogP contribution in [0.3, 0.4) is 0 Å². The predicted molar refractivity (Wildman–Crippen MR) is 121 cm³/mol. The van der Waals surface area contributed by atoms with Crippen LogP contribution in [0.2, 0.25) is 0 Å². The zero-order chi connectivity index (χ0) is 21.8. The molecule has 3 aromatic rings. The van der Waals surface area contributed by atoms with Gasteiger partial charge in [0.05, 0.1) is 7.11 Å². The number of ether oxygens (including phenoxy) is 1. The number of hydrogen-bond donors (Lipinski definition) is 1. The van der Waals surface area contributed by atoms with Crippen molar-refractivity contribution < 1.29 is 19.0 Å². The zero-order valence-electron chi connectivity index (χ0n) is 17.8. The molecule has 4 nitrogen and oxygen atoms in total. The standard InChI is InChI=1S/C26H28FNO3/c1-31-25-10-8-18(17-28-14-12-20(27)13-15-28)16-24(25)23-7-3-5-21-19(9-11-26(29)30)4-2-6-22(21)23/h2-8,10,16,20H,9,11-15,17H2,1H3,(H,29,30). The Morgan fingerprint density at radius 2 is 1.81 bits per heavy atom. The second-order valence-corrected chi connectivity index (χ2v) is 8.20. The Hall–Kier alpha value is -2.92. The summed E-state index contributed by atoms with van der Waals surface area (Å²) in [7, 11) is 1.67. The molecular weight excluding hydrogens is 393 g/mol. The first-order valence-electron chi connectivity index (χ1n) is 10.8. The molecule has 3 aromatic carbocycles. The van der Waals surface area contributed by atoms with Crippen molar-refractivity contribution >= 4 is 16.7 Å². The number of fused-ring (bicyclic) bond motifs is 1. The average molecular weight is 422 g/mol. The lowest BCUT2D eigenvalue weighted by Gasteiger charge is -2.28. The predicted octanol–water partition coefficient (Wildman–Crippen LogP) is 5.47. The minimum Gasteiger partial charge on any atom is -0.496 e. The maximum atomic E-state index is 13.5. The third-order valence-corrected chi connectivity index (χ3v) is 6.10. The number of aryl methyl sites for hydroxylation is 1. The van der Waals surface area contributed by atoms with E-state index in [2.05, 4.69) is 29.2 Å². The van der Waals surface area contributed by atoms with Gasteiger partial charge in [-0.15, -0.1) is 0 Å². The summed E-state index contributed by atoms with van der Waals surface area (Å²) in [4.78, 5) is 13.4. The first-order chi connectivity index (χ1) is 15.0. The van der Waals surface area contributed by atoms with Crippen molar-refractivity contribution in [3.8, 4) is 16.9 Å². The fraction of sp³-hybridized carbons (Fsp3) is 0.346. The summed E-state index contributed by atoms with van der Waals surface area (Å²) in [6.07, 6.45) is 1.14. The Bertz CT molecular complexity index is 1070. The Kier molecular flexibility index (Phi) is 6.52. The Labute approximate surface area is 182 Å². The number of halogens is 1. The van der Waals surface area contributed by atoms with Gasteiger partial charge in [-0.3, -0.25) is 9.69 Å². The van der Waals surface area contributed by atoms with E-state index < -0.39 is 12.1 Å². The molecule has 0 aromatic heterocycles. The van der Waals surface area contributed by atoms with Gasteiger partial charge in [-0.2, -0.15) is 0 Å². The molecule has 5 heteroatoms. The number of hydrogen-bond acceptors (Lipinski definition) is 3. The number of carboxylic acids is 1. The molecule has 1 N–H and O–H groups in total. The molecule has 1 aliphatic heterocycles. The average Bonchev–Trinajstić information content (AvgIpc) is 2.78. The minimum absolute atomic E-state index is 0.109. The maximum absolute atomic E-state index is 13.5. The van der Waals surface area contributed by atoms with Crippen molar-refractivity contribution in [1.29, 1.82) is 0 Å². The highest BCUT2D eigenvalue weighted by molar-refractivity contribution is 5.99. The van der Waals surface area contributed by atoms with E-state index in [1.165, 1.54) is 5.56 Å². The van der Waals surface area contributed by atoms with Gasteiger partial charge in [0.2, 0.25) is 0 Å². The van der Waals surface area contributed by atoms with Crippen molar-refractivity contribution in [2.75, 3.05) is 20.2 Å². The number of piperidine rings is 1. The fourth-order valence-corrected chi connectivity index (χ4v) is 4.45. The number of likely N-dealkylation sites (tertiary alicyclic amines) is 1. The summed E-state index contributed by atoms with van der Waals surface area (Å²) in [5.41, 5.74) is 4.29. The van der Waals surface area contributed by atoms with Gasteiger partial charge >= 0.3 is 5.97 Å².